The number of nitrogens with one attached hydrogen (secondary N) is 2. The molecule has 0 spiro atoms. The van der Waals surface area contributed by atoms with E-state index in [1.54, 1.807) is 12.1 Å². The highest BCUT2D eigenvalue weighted by Crippen LogP contribution is 2.27. The number of halogens is 1. The van der Waals surface area contributed by atoms with Crippen molar-refractivity contribution < 1.29 is 24.2 Å². The first-order valence-electron chi connectivity index (χ1n) is 5.58. The number of ether oxygens (including phenoxy) is 1. The van der Waals surface area contributed by atoms with Gasteiger partial charge in [-0.25, -0.2) is 4.79 Å². The summed E-state index contributed by atoms with van der Waals surface area (Å²) in [6.07, 6.45) is -0.630. The van der Waals surface area contributed by atoms with E-state index in [0.717, 1.165) is 0 Å². The first-order chi connectivity index (χ1) is 9.42. The number of carbonyl (C=O) groups excluding carboxylic acids is 2. The molecule has 1 rings (SSSR count). The molecule has 0 fully saturated rings. The van der Waals surface area contributed by atoms with E-state index in [4.69, 9.17) is 21.4 Å². The van der Waals surface area contributed by atoms with Crippen molar-refractivity contribution in [2.24, 2.45) is 0 Å². The van der Waals surface area contributed by atoms with Crippen molar-refractivity contribution in [3.05, 3.63) is 23.2 Å². The molecule has 0 aliphatic carbocycles. The molecule has 0 atom stereocenters. The zero-order valence-corrected chi connectivity index (χ0v) is 11.4. The largest absolute Gasteiger partial charge is 0.495 e. The molecule has 108 valence electrons. The van der Waals surface area contributed by atoms with Crippen molar-refractivity contribution in [1.29, 1.82) is 0 Å². The van der Waals surface area contributed by atoms with Crippen LogP contribution < -0.4 is 15.4 Å². The van der Waals surface area contributed by atoms with Crippen LogP contribution in [0, 0.1) is 0 Å². The van der Waals surface area contributed by atoms with Crippen LogP contribution >= 0.6 is 11.6 Å². The maximum Gasteiger partial charge on any atom is 0.325 e. The molecule has 20 heavy (non-hydrogen) atoms. The van der Waals surface area contributed by atoms with Gasteiger partial charge in [0.25, 0.3) is 0 Å². The van der Waals surface area contributed by atoms with E-state index < -0.39 is 17.9 Å². The van der Waals surface area contributed by atoms with E-state index in [1.165, 1.54) is 13.2 Å². The van der Waals surface area contributed by atoms with Crippen molar-refractivity contribution in [1.82, 2.24) is 5.32 Å². The Kier molecular flexibility index (Phi) is 5.79. The van der Waals surface area contributed by atoms with Gasteiger partial charge in [-0.1, -0.05) is 11.6 Å². The Balaban J connectivity index is 2.60. The quantitative estimate of drug-likeness (QED) is 0.770. The van der Waals surface area contributed by atoms with Crippen LogP contribution in [0.2, 0.25) is 5.02 Å². The van der Waals surface area contributed by atoms with Crippen LogP contribution in [0.15, 0.2) is 18.2 Å². The monoisotopic (exact) mass is 300 g/mol. The minimum atomic E-state index is -1.11. The normalized spacial score (nSPS) is 9.70. The molecule has 0 heterocycles. The van der Waals surface area contributed by atoms with Gasteiger partial charge in [0.1, 0.15) is 5.75 Å². The van der Waals surface area contributed by atoms with Crippen LogP contribution in [0.1, 0.15) is 12.8 Å². The number of rotatable bonds is 5. The molecular formula is C12H13ClN2O5. The van der Waals surface area contributed by atoms with Crippen molar-refractivity contribution in [3.8, 4) is 5.75 Å². The Morgan fingerprint density at radius 3 is 2.60 bits per heavy atom. The number of urea groups is 1. The molecule has 0 unspecified atom stereocenters. The summed E-state index contributed by atoms with van der Waals surface area (Å²) in [5, 5.41) is 13.2. The fourth-order valence-corrected chi connectivity index (χ4v) is 1.51. The average Bonchev–Trinajstić information content (AvgIpc) is 2.36. The third-order valence-electron chi connectivity index (χ3n) is 2.23. The fraction of sp³-hybridized carbons (Fsp3) is 0.250. The second-order valence-electron chi connectivity index (χ2n) is 3.74. The Bertz CT molecular complexity index is 533. The number of imide groups is 1. The SMILES string of the molecule is COc1ccc(Cl)cc1NC(=O)NC(=O)CCC(=O)O. The molecule has 1 aromatic rings. The summed E-state index contributed by atoms with van der Waals surface area (Å²) in [4.78, 5) is 33.1. The summed E-state index contributed by atoms with van der Waals surface area (Å²) in [6.45, 7) is 0. The number of amides is 3. The predicted octanol–water partition coefficient (Wildman–Crippen LogP) is 1.86. The van der Waals surface area contributed by atoms with Gasteiger partial charge >= 0.3 is 12.0 Å². The lowest BCUT2D eigenvalue weighted by molar-refractivity contribution is -0.138. The molecule has 0 aliphatic rings. The molecule has 0 saturated heterocycles. The maximum atomic E-state index is 11.6. The Morgan fingerprint density at radius 1 is 1.30 bits per heavy atom. The average molecular weight is 301 g/mol. The van der Waals surface area contributed by atoms with Crippen LogP contribution in [-0.4, -0.2) is 30.1 Å². The lowest BCUT2D eigenvalue weighted by Crippen LogP contribution is -2.34. The molecule has 0 bridgehead atoms. The summed E-state index contributed by atoms with van der Waals surface area (Å²) in [5.74, 6) is -1.43. The lowest BCUT2D eigenvalue weighted by Gasteiger charge is -2.10. The number of hydrogen-bond acceptors (Lipinski definition) is 4. The zero-order chi connectivity index (χ0) is 15.1. The number of anilines is 1. The second kappa shape index (κ2) is 7.34. The summed E-state index contributed by atoms with van der Waals surface area (Å²) >= 11 is 5.79. The fourth-order valence-electron chi connectivity index (χ4n) is 1.34. The number of benzene rings is 1. The number of carboxylic acids is 1. The highest BCUT2D eigenvalue weighted by molar-refractivity contribution is 6.31. The van der Waals surface area contributed by atoms with Crippen molar-refractivity contribution in [3.63, 3.8) is 0 Å². The third-order valence-corrected chi connectivity index (χ3v) is 2.46. The van der Waals surface area contributed by atoms with Crippen LogP contribution in [0.5, 0.6) is 5.75 Å². The Morgan fingerprint density at radius 2 is 2.00 bits per heavy atom. The maximum absolute atomic E-state index is 11.6. The zero-order valence-electron chi connectivity index (χ0n) is 10.6. The number of hydrogen-bond donors (Lipinski definition) is 3. The smallest absolute Gasteiger partial charge is 0.325 e. The first-order valence-corrected chi connectivity index (χ1v) is 5.96. The van der Waals surface area contributed by atoms with Gasteiger partial charge in [-0.05, 0) is 18.2 Å². The summed E-state index contributed by atoms with van der Waals surface area (Å²) in [6, 6.07) is 3.81. The van der Waals surface area contributed by atoms with Gasteiger partial charge in [-0.2, -0.15) is 0 Å². The minimum Gasteiger partial charge on any atom is -0.495 e. The number of aliphatic carboxylic acids is 1. The lowest BCUT2D eigenvalue weighted by atomic mass is 10.3. The van der Waals surface area contributed by atoms with Gasteiger partial charge < -0.3 is 15.2 Å². The second-order valence-corrected chi connectivity index (χ2v) is 4.18. The number of methoxy groups -OCH3 is 1. The summed E-state index contributed by atoms with van der Waals surface area (Å²) in [5.41, 5.74) is 0.295. The molecule has 7 nitrogen and oxygen atoms in total. The van der Waals surface area contributed by atoms with Crippen LogP contribution in [0.3, 0.4) is 0 Å². The predicted molar refractivity (Wildman–Crippen MR) is 72.0 cm³/mol. The molecule has 8 heteroatoms. The van der Waals surface area contributed by atoms with Gasteiger partial charge in [0.15, 0.2) is 0 Å². The van der Waals surface area contributed by atoms with E-state index in [9.17, 15) is 14.4 Å². The summed E-state index contributed by atoms with van der Waals surface area (Å²) in [7, 11) is 1.42. The minimum absolute atomic E-state index is 0.282. The van der Waals surface area contributed by atoms with E-state index >= 15 is 0 Å². The van der Waals surface area contributed by atoms with Gasteiger partial charge in [0.2, 0.25) is 5.91 Å². The van der Waals surface area contributed by atoms with E-state index in [1.807, 2.05) is 5.32 Å². The molecule has 0 aromatic heterocycles. The molecule has 3 N–H and O–H groups in total. The highest BCUT2D eigenvalue weighted by atomic mass is 35.5. The van der Waals surface area contributed by atoms with E-state index in [2.05, 4.69) is 5.32 Å². The number of carbonyl (C=O) groups is 3. The van der Waals surface area contributed by atoms with Gasteiger partial charge in [0.05, 0.1) is 19.2 Å². The molecule has 0 aliphatic heterocycles. The van der Waals surface area contributed by atoms with Crippen molar-refractivity contribution in [2.75, 3.05) is 12.4 Å². The van der Waals surface area contributed by atoms with E-state index in [-0.39, 0.29) is 12.8 Å². The van der Waals surface area contributed by atoms with Gasteiger partial charge in [-0.15, -0.1) is 0 Å². The molecular weight excluding hydrogens is 288 g/mol. The third kappa shape index (κ3) is 5.15. The van der Waals surface area contributed by atoms with Crippen molar-refractivity contribution in [2.45, 2.75) is 12.8 Å². The number of carboxylic acid groups (broad SMARTS) is 1. The van der Waals surface area contributed by atoms with Crippen LogP contribution in [0.25, 0.3) is 0 Å². The van der Waals surface area contributed by atoms with Crippen molar-refractivity contribution >= 4 is 35.2 Å². The van der Waals surface area contributed by atoms with Gasteiger partial charge in [0, 0.05) is 11.4 Å². The first kappa shape index (κ1) is 15.8. The van der Waals surface area contributed by atoms with Crippen LogP contribution in [0.4, 0.5) is 10.5 Å². The van der Waals surface area contributed by atoms with Crippen LogP contribution in [-0.2, 0) is 9.59 Å². The highest BCUT2D eigenvalue weighted by Gasteiger charge is 2.12. The molecule has 0 saturated carbocycles. The molecule has 3 amide bonds. The molecule has 1 aromatic carbocycles. The summed E-state index contributed by atoms with van der Waals surface area (Å²) < 4.78 is 5.02. The Labute approximate surface area is 119 Å². The van der Waals surface area contributed by atoms with Gasteiger partial charge in [-0.3, -0.25) is 14.9 Å². The topological polar surface area (TPSA) is 105 Å². The molecule has 0 radical (unpaired) electrons. The van der Waals surface area contributed by atoms with E-state index in [0.29, 0.717) is 16.5 Å². The standard InChI is InChI=1S/C12H13ClN2O5/c1-20-9-3-2-7(13)6-8(9)14-12(19)15-10(16)4-5-11(17)18/h2-3,6H,4-5H2,1H3,(H,17,18)(H2,14,15,16,19). The Hall–Kier alpha value is -2.28.